The fourth-order valence-electron chi connectivity index (χ4n) is 2.91. The quantitative estimate of drug-likeness (QED) is 0.904. The summed E-state index contributed by atoms with van der Waals surface area (Å²) in [5.41, 5.74) is -0.0591. The summed E-state index contributed by atoms with van der Waals surface area (Å²) in [6.45, 7) is 1.56. The van der Waals surface area contributed by atoms with Crippen LogP contribution in [0.15, 0.2) is 24.3 Å². The maximum Gasteiger partial charge on any atom is 0.414 e. The van der Waals surface area contributed by atoms with Gasteiger partial charge in [-0.1, -0.05) is 12.1 Å². The molecule has 0 radical (unpaired) electrons. The molecule has 1 aromatic rings. The monoisotopic (exact) mass is 291 g/mol. The number of benzene rings is 1. The molecule has 0 aromatic heterocycles. The number of rotatable bonds is 2. The Balaban J connectivity index is 1.83. The Morgan fingerprint density at radius 1 is 1.29 bits per heavy atom. The lowest BCUT2D eigenvalue weighted by Crippen LogP contribution is -2.53. The number of amides is 1. The molecule has 112 valence electrons. The molecule has 6 heteroatoms. The van der Waals surface area contributed by atoms with E-state index < -0.39 is 17.7 Å². The van der Waals surface area contributed by atoms with Crippen LogP contribution in [0.4, 0.5) is 10.5 Å². The van der Waals surface area contributed by atoms with Crippen molar-refractivity contribution in [3.8, 4) is 0 Å². The zero-order valence-corrected chi connectivity index (χ0v) is 11.6. The first-order chi connectivity index (χ1) is 10.1. The summed E-state index contributed by atoms with van der Waals surface area (Å²) in [4.78, 5) is 25.0. The lowest BCUT2D eigenvalue weighted by molar-refractivity contribution is -0.100. The molecule has 2 aliphatic rings. The fourth-order valence-corrected chi connectivity index (χ4v) is 2.91. The Labute approximate surface area is 122 Å². The van der Waals surface area contributed by atoms with Crippen molar-refractivity contribution in [3.05, 3.63) is 29.8 Å². The predicted molar refractivity (Wildman–Crippen MR) is 74.6 cm³/mol. The van der Waals surface area contributed by atoms with E-state index >= 15 is 0 Å². The van der Waals surface area contributed by atoms with Gasteiger partial charge in [0.1, 0.15) is 5.60 Å². The van der Waals surface area contributed by atoms with Crippen molar-refractivity contribution in [1.29, 1.82) is 0 Å². The predicted octanol–water partition coefficient (Wildman–Crippen LogP) is 2.28. The first-order valence-electron chi connectivity index (χ1n) is 7.02. The van der Waals surface area contributed by atoms with E-state index in [1.165, 1.54) is 11.0 Å². The van der Waals surface area contributed by atoms with Crippen molar-refractivity contribution in [2.45, 2.75) is 24.9 Å². The summed E-state index contributed by atoms with van der Waals surface area (Å²) in [5.74, 6) is -1.06. The molecular formula is C15H17NO5. The van der Waals surface area contributed by atoms with E-state index in [-0.39, 0.29) is 5.56 Å². The van der Waals surface area contributed by atoms with Crippen LogP contribution in [0.3, 0.4) is 0 Å². The average molecular weight is 291 g/mol. The number of carboxylic acid groups (broad SMARTS) is 1. The highest BCUT2D eigenvalue weighted by Gasteiger charge is 2.43. The highest BCUT2D eigenvalue weighted by Crippen LogP contribution is 2.34. The Kier molecular flexibility index (Phi) is 3.55. The zero-order valence-electron chi connectivity index (χ0n) is 11.6. The Bertz CT molecular complexity index is 565. The second kappa shape index (κ2) is 5.37. The molecule has 1 unspecified atom stereocenters. The van der Waals surface area contributed by atoms with Crippen LogP contribution in [-0.4, -0.2) is 42.5 Å². The maximum absolute atomic E-state index is 12.3. The molecule has 1 aromatic carbocycles. The standard InChI is InChI=1S/C15H17NO5/c17-13(18)11-4-1-2-5-12(11)16-8-7-15(21-14(16)19)6-3-9-20-10-15/h1-2,4-5H,3,6-10H2,(H,17,18). The lowest BCUT2D eigenvalue weighted by atomic mass is 9.91. The molecule has 21 heavy (non-hydrogen) atoms. The molecule has 1 N–H and O–H groups in total. The minimum Gasteiger partial charge on any atom is -0.478 e. The van der Waals surface area contributed by atoms with E-state index in [0.29, 0.717) is 31.9 Å². The van der Waals surface area contributed by atoms with Gasteiger partial charge in [-0.15, -0.1) is 0 Å². The Hall–Kier alpha value is -2.08. The number of hydrogen-bond acceptors (Lipinski definition) is 4. The van der Waals surface area contributed by atoms with Crippen LogP contribution in [0.25, 0.3) is 0 Å². The largest absolute Gasteiger partial charge is 0.478 e. The van der Waals surface area contributed by atoms with Gasteiger partial charge in [-0.05, 0) is 25.0 Å². The zero-order chi connectivity index (χ0) is 14.9. The second-order valence-electron chi connectivity index (χ2n) is 5.43. The molecule has 2 fully saturated rings. The number of aromatic carboxylic acids is 1. The minimum atomic E-state index is -1.06. The van der Waals surface area contributed by atoms with Crippen LogP contribution in [0.1, 0.15) is 29.6 Å². The van der Waals surface area contributed by atoms with E-state index in [4.69, 9.17) is 9.47 Å². The summed E-state index contributed by atoms with van der Waals surface area (Å²) < 4.78 is 11.0. The summed E-state index contributed by atoms with van der Waals surface area (Å²) >= 11 is 0. The molecule has 1 spiro atoms. The van der Waals surface area contributed by atoms with Crippen molar-refractivity contribution in [2.24, 2.45) is 0 Å². The molecule has 2 saturated heterocycles. The van der Waals surface area contributed by atoms with E-state index in [2.05, 4.69) is 0 Å². The lowest BCUT2D eigenvalue weighted by Gasteiger charge is -2.43. The van der Waals surface area contributed by atoms with Gasteiger partial charge in [0.05, 0.1) is 17.9 Å². The van der Waals surface area contributed by atoms with Crippen LogP contribution in [0.5, 0.6) is 0 Å². The smallest absolute Gasteiger partial charge is 0.414 e. The van der Waals surface area contributed by atoms with Gasteiger partial charge in [0.25, 0.3) is 0 Å². The summed E-state index contributed by atoms with van der Waals surface area (Å²) in [6.07, 6.45) is 1.82. The van der Waals surface area contributed by atoms with E-state index in [1.54, 1.807) is 18.2 Å². The first kappa shape index (κ1) is 13.9. The van der Waals surface area contributed by atoms with Crippen LogP contribution in [0.2, 0.25) is 0 Å². The van der Waals surface area contributed by atoms with Gasteiger partial charge in [-0.2, -0.15) is 0 Å². The number of anilines is 1. The number of nitrogens with zero attached hydrogens (tertiary/aromatic N) is 1. The van der Waals surface area contributed by atoms with Crippen LogP contribution >= 0.6 is 0 Å². The van der Waals surface area contributed by atoms with Gasteiger partial charge >= 0.3 is 12.1 Å². The average Bonchev–Trinajstić information content (AvgIpc) is 2.48. The number of ether oxygens (including phenoxy) is 2. The van der Waals surface area contributed by atoms with Gasteiger partial charge < -0.3 is 14.6 Å². The highest BCUT2D eigenvalue weighted by atomic mass is 16.6. The molecule has 3 rings (SSSR count). The van der Waals surface area contributed by atoms with Crippen molar-refractivity contribution < 1.29 is 24.2 Å². The molecule has 2 heterocycles. The van der Waals surface area contributed by atoms with Gasteiger partial charge in [0.15, 0.2) is 0 Å². The number of carbonyl (C=O) groups excluding carboxylic acids is 1. The van der Waals surface area contributed by atoms with Crippen LogP contribution < -0.4 is 4.90 Å². The van der Waals surface area contributed by atoms with Crippen molar-refractivity contribution in [1.82, 2.24) is 0 Å². The van der Waals surface area contributed by atoms with Crippen molar-refractivity contribution in [3.63, 3.8) is 0 Å². The first-order valence-corrected chi connectivity index (χ1v) is 7.02. The van der Waals surface area contributed by atoms with E-state index in [0.717, 1.165) is 12.8 Å². The molecular weight excluding hydrogens is 274 g/mol. The Morgan fingerprint density at radius 3 is 2.76 bits per heavy atom. The van der Waals surface area contributed by atoms with Crippen LogP contribution in [-0.2, 0) is 9.47 Å². The highest BCUT2D eigenvalue weighted by molar-refractivity contribution is 6.00. The van der Waals surface area contributed by atoms with Crippen LogP contribution in [0, 0.1) is 0 Å². The second-order valence-corrected chi connectivity index (χ2v) is 5.43. The third kappa shape index (κ3) is 2.58. The summed E-state index contributed by atoms with van der Waals surface area (Å²) in [6, 6.07) is 6.46. The third-order valence-corrected chi connectivity index (χ3v) is 4.03. The summed E-state index contributed by atoms with van der Waals surface area (Å²) in [7, 11) is 0. The fraction of sp³-hybridized carbons (Fsp3) is 0.467. The maximum atomic E-state index is 12.3. The number of hydrogen-bond donors (Lipinski definition) is 1. The number of carboxylic acids is 1. The van der Waals surface area contributed by atoms with Gasteiger partial charge in [-0.3, -0.25) is 4.90 Å². The normalized spacial score (nSPS) is 25.7. The molecule has 0 saturated carbocycles. The van der Waals surface area contributed by atoms with E-state index in [9.17, 15) is 14.7 Å². The number of para-hydroxylation sites is 1. The third-order valence-electron chi connectivity index (χ3n) is 4.03. The summed E-state index contributed by atoms with van der Waals surface area (Å²) in [5, 5.41) is 9.23. The molecule has 0 aliphatic carbocycles. The van der Waals surface area contributed by atoms with Crippen molar-refractivity contribution in [2.75, 3.05) is 24.7 Å². The molecule has 1 atom stereocenters. The number of carbonyl (C=O) groups is 2. The molecule has 0 bridgehead atoms. The molecule has 2 aliphatic heterocycles. The van der Waals surface area contributed by atoms with Gasteiger partial charge in [0.2, 0.25) is 0 Å². The Morgan fingerprint density at radius 2 is 2.10 bits per heavy atom. The minimum absolute atomic E-state index is 0.102. The molecule has 6 nitrogen and oxygen atoms in total. The van der Waals surface area contributed by atoms with E-state index in [1.807, 2.05) is 0 Å². The van der Waals surface area contributed by atoms with Gasteiger partial charge in [-0.25, -0.2) is 9.59 Å². The molecule has 1 amide bonds. The topological polar surface area (TPSA) is 76.1 Å². The van der Waals surface area contributed by atoms with Crippen molar-refractivity contribution >= 4 is 17.7 Å². The SMILES string of the molecule is O=C(O)c1ccccc1N1CCC2(CCCOC2)OC1=O. The van der Waals surface area contributed by atoms with Gasteiger partial charge in [0, 0.05) is 19.6 Å².